The van der Waals surface area contributed by atoms with Crippen LogP contribution in [0.25, 0.3) is 10.9 Å². The topological polar surface area (TPSA) is 68.4 Å². The van der Waals surface area contributed by atoms with E-state index in [0.717, 1.165) is 43.4 Å². The molecule has 5 heteroatoms. The molecule has 0 aliphatic carbocycles. The summed E-state index contributed by atoms with van der Waals surface area (Å²) in [5.74, 6) is 0.228. The van der Waals surface area contributed by atoms with Gasteiger partial charge in [0.2, 0.25) is 0 Å². The van der Waals surface area contributed by atoms with Gasteiger partial charge in [-0.05, 0) is 36.6 Å². The van der Waals surface area contributed by atoms with Crippen molar-refractivity contribution in [1.82, 2.24) is 15.2 Å². The van der Waals surface area contributed by atoms with E-state index in [1.165, 1.54) is 5.56 Å². The summed E-state index contributed by atoms with van der Waals surface area (Å²) in [5.41, 5.74) is 2.65. The Bertz CT molecular complexity index is 896. The van der Waals surface area contributed by atoms with Gasteiger partial charge in [-0.1, -0.05) is 30.3 Å². The molecule has 4 rings (SSSR count). The zero-order chi connectivity index (χ0) is 17.9. The Kier molecular flexibility index (Phi) is 4.63. The number of aromatic hydroxyl groups is 1. The normalized spacial score (nSPS) is 15.5. The number of nitrogens with zero attached hydrogens (tertiary/aromatic N) is 1. The van der Waals surface area contributed by atoms with E-state index in [0.29, 0.717) is 11.7 Å². The smallest absolute Gasteiger partial charge is 0.270 e. The third-order valence-corrected chi connectivity index (χ3v) is 5.06. The third kappa shape index (κ3) is 3.58. The quantitative estimate of drug-likeness (QED) is 0.677. The number of phenolic OH excluding ortho intramolecular Hbond substituents is 1. The first-order valence-corrected chi connectivity index (χ1v) is 9.07. The second kappa shape index (κ2) is 7.22. The summed E-state index contributed by atoms with van der Waals surface area (Å²) in [5, 5.41) is 14.1. The molecule has 1 fully saturated rings. The van der Waals surface area contributed by atoms with E-state index in [1.807, 2.05) is 23.1 Å². The van der Waals surface area contributed by atoms with Crippen LogP contribution in [0.1, 0.15) is 28.9 Å². The summed E-state index contributed by atoms with van der Waals surface area (Å²) in [6.45, 7) is 2.38. The van der Waals surface area contributed by atoms with Crippen LogP contribution in [0.3, 0.4) is 0 Å². The Labute approximate surface area is 152 Å². The van der Waals surface area contributed by atoms with Crippen LogP contribution in [0.4, 0.5) is 0 Å². The summed E-state index contributed by atoms with van der Waals surface area (Å²) in [6, 6.07) is 17.8. The van der Waals surface area contributed by atoms with Crippen molar-refractivity contribution in [3.05, 3.63) is 65.9 Å². The van der Waals surface area contributed by atoms with Gasteiger partial charge in [-0.25, -0.2) is 0 Å². The van der Waals surface area contributed by atoms with Gasteiger partial charge >= 0.3 is 0 Å². The van der Waals surface area contributed by atoms with Crippen molar-refractivity contribution in [2.24, 2.45) is 0 Å². The van der Waals surface area contributed by atoms with Crippen molar-refractivity contribution < 1.29 is 9.90 Å². The highest BCUT2D eigenvalue weighted by Crippen LogP contribution is 2.22. The number of phenols is 1. The molecule has 3 aromatic rings. The van der Waals surface area contributed by atoms with E-state index in [9.17, 15) is 9.90 Å². The van der Waals surface area contributed by atoms with E-state index in [1.54, 1.807) is 12.1 Å². The van der Waals surface area contributed by atoms with Crippen LogP contribution in [0, 0.1) is 0 Å². The van der Waals surface area contributed by atoms with Crippen molar-refractivity contribution >= 4 is 16.8 Å². The molecule has 2 heterocycles. The van der Waals surface area contributed by atoms with Gasteiger partial charge in [0.15, 0.2) is 0 Å². The van der Waals surface area contributed by atoms with Crippen molar-refractivity contribution in [2.75, 3.05) is 13.1 Å². The molecule has 1 amide bonds. The molecule has 0 unspecified atom stereocenters. The Morgan fingerprint density at radius 3 is 2.65 bits per heavy atom. The van der Waals surface area contributed by atoms with Crippen molar-refractivity contribution in [3.8, 4) is 5.75 Å². The lowest BCUT2D eigenvalue weighted by molar-refractivity contribution is 0.0699. The lowest BCUT2D eigenvalue weighted by Crippen LogP contribution is -2.44. The minimum atomic E-state index is 0.0298. The van der Waals surface area contributed by atoms with Crippen LogP contribution in [0.2, 0.25) is 0 Å². The number of H-pyrrole nitrogens is 1. The van der Waals surface area contributed by atoms with Crippen LogP contribution in [0.15, 0.2) is 54.6 Å². The van der Waals surface area contributed by atoms with E-state index in [2.05, 4.69) is 34.6 Å². The van der Waals surface area contributed by atoms with Gasteiger partial charge in [0.1, 0.15) is 11.4 Å². The van der Waals surface area contributed by atoms with Crippen LogP contribution < -0.4 is 5.32 Å². The van der Waals surface area contributed by atoms with Gasteiger partial charge in [-0.2, -0.15) is 0 Å². The SMILES string of the molecule is O=C(c1cc2ccc(O)cc2[nH]1)N1CCC(NCc2ccccc2)CC1. The Hall–Kier alpha value is -2.79. The summed E-state index contributed by atoms with van der Waals surface area (Å²) in [4.78, 5) is 17.8. The van der Waals surface area contributed by atoms with E-state index in [-0.39, 0.29) is 11.7 Å². The number of aromatic amines is 1. The van der Waals surface area contributed by atoms with Gasteiger partial charge < -0.3 is 20.3 Å². The number of fused-ring (bicyclic) bond motifs is 1. The Morgan fingerprint density at radius 2 is 1.88 bits per heavy atom. The fourth-order valence-electron chi connectivity index (χ4n) is 3.55. The van der Waals surface area contributed by atoms with Gasteiger partial charge in [0, 0.05) is 42.6 Å². The average molecular weight is 349 g/mol. The predicted molar refractivity (Wildman–Crippen MR) is 102 cm³/mol. The molecule has 0 radical (unpaired) electrons. The minimum Gasteiger partial charge on any atom is -0.508 e. The number of piperidine rings is 1. The molecule has 26 heavy (non-hydrogen) atoms. The molecule has 0 bridgehead atoms. The molecule has 2 aromatic carbocycles. The van der Waals surface area contributed by atoms with Gasteiger partial charge in [-0.3, -0.25) is 4.79 Å². The highest BCUT2D eigenvalue weighted by molar-refractivity contribution is 5.98. The number of likely N-dealkylation sites (tertiary alicyclic amines) is 1. The molecule has 1 aliphatic heterocycles. The molecule has 1 saturated heterocycles. The molecular formula is C21H23N3O2. The summed E-state index contributed by atoms with van der Waals surface area (Å²) in [6.07, 6.45) is 1.92. The average Bonchev–Trinajstić information content (AvgIpc) is 3.10. The monoisotopic (exact) mass is 349 g/mol. The largest absolute Gasteiger partial charge is 0.508 e. The molecule has 0 atom stereocenters. The Morgan fingerprint density at radius 1 is 1.12 bits per heavy atom. The zero-order valence-electron chi connectivity index (χ0n) is 14.6. The standard InChI is InChI=1S/C21H23N3O2/c25-18-7-6-16-12-20(23-19(16)13-18)21(26)24-10-8-17(9-11-24)22-14-15-4-2-1-3-5-15/h1-7,12-13,17,22-23,25H,8-11,14H2. The number of carbonyl (C=O) groups is 1. The van der Waals surface area contributed by atoms with Gasteiger partial charge in [0.25, 0.3) is 5.91 Å². The first kappa shape index (κ1) is 16.7. The second-order valence-corrected chi connectivity index (χ2v) is 6.89. The van der Waals surface area contributed by atoms with Crippen molar-refractivity contribution in [2.45, 2.75) is 25.4 Å². The maximum Gasteiger partial charge on any atom is 0.270 e. The number of rotatable bonds is 4. The summed E-state index contributed by atoms with van der Waals surface area (Å²) in [7, 11) is 0. The second-order valence-electron chi connectivity index (χ2n) is 6.89. The maximum atomic E-state index is 12.8. The van der Waals surface area contributed by atoms with Crippen LogP contribution in [0.5, 0.6) is 5.75 Å². The molecule has 0 spiro atoms. The van der Waals surface area contributed by atoms with E-state index < -0.39 is 0 Å². The molecule has 134 valence electrons. The maximum absolute atomic E-state index is 12.8. The molecule has 1 aromatic heterocycles. The lowest BCUT2D eigenvalue weighted by atomic mass is 10.0. The first-order valence-electron chi connectivity index (χ1n) is 9.07. The fourth-order valence-corrected chi connectivity index (χ4v) is 3.55. The Balaban J connectivity index is 1.34. The first-order chi connectivity index (χ1) is 12.7. The number of benzene rings is 2. The number of hydrogen-bond donors (Lipinski definition) is 3. The third-order valence-electron chi connectivity index (χ3n) is 5.06. The number of carbonyl (C=O) groups excluding carboxylic acids is 1. The van der Waals surface area contributed by atoms with E-state index >= 15 is 0 Å². The summed E-state index contributed by atoms with van der Waals surface area (Å²) >= 11 is 0. The fraction of sp³-hybridized carbons (Fsp3) is 0.286. The van der Waals surface area contributed by atoms with Gasteiger partial charge in [0.05, 0.1) is 0 Å². The number of amides is 1. The van der Waals surface area contributed by atoms with Crippen LogP contribution >= 0.6 is 0 Å². The van der Waals surface area contributed by atoms with E-state index in [4.69, 9.17) is 0 Å². The highest BCUT2D eigenvalue weighted by atomic mass is 16.3. The molecule has 3 N–H and O–H groups in total. The summed E-state index contributed by atoms with van der Waals surface area (Å²) < 4.78 is 0. The molecule has 5 nitrogen and oxygen atoms in total. The number of aromatic nitrogens is 1. The van der Waals surface area contributed by atoms with Gasteiger partial charge in [-0.15, -0.1) is 0 Å². The lowest BCUT2D eigenvalue weighted by Gasteiger charge is -2.32. The predicted octanol–water partition coefficient (Wildman–Crippen LogP) is 3.27. The number of nitrogens with one attached hydrogen (secondary N) is 2. The number of hydrogen-bond acceptors (Lipinski definition) is 3. The minimum absolute atomic E-state index is 0.0298. The molecular weight excluding hydrogens is 326 g/mol. The molecule has 1 aliphatic rings. The van der Waals surface area contributed by atoms with Crippen LogP contribution in [-0.2, 0) is 6.54 Å². The van der Waals surface area contributed by atoms with Crippen molar-refractivity contribution in [1.29, 1.82) is 0 Å². The zero-order valence-corrected chi connectivity index (χ0v) is 14.6. The molecule has 0 saturated carbocycles. The van der Waals surface area contributed by atoms with Crippen LogP contribution in [-0.4, -0.2) is 40.0 Å². The highest BCUT2D eigenvalue weighted by Gasteiger charge is 2.24. The van der Waals surface area contributed by atoms with Crippen molar-refractivity contribution in [3.63, 3.8) is 0 Å².